The van der Waals surface area contributed by atoms with Crippen LogP contribution in [0.1, 0.15) is 31.0 Å². The number of rotatable bonds is 5. The second-order valence-corrected chi connectivity index (χ2v) is 6.68. The van der Waals surface area contributed by atoms with Gasteiger partial charge in [0, 0.05) is 22.1 Å². The smallest absolute Gasteiger partial charge is 0.123 e. The average molecular weight is 371 g/mol. The lowest BCUT2D eigenvalue weighted by Crippen LogP contribution is -2.25. The Morgan fingerprint density at radius 3 is 2.43 bits per heavy atom. The zero-order valence-corrected chi connectivity index (χ0v) is 14.4. The summed E-state index contributed by atoms with van der Waals surface area (Å²) in [6, 6.07) is 12.8. The second-order valence-electron chi connectivity index (χ2n) is 5.39. The average Bonchev–Trinajstić information content (AvgIpc) is 2.44. The molecule has 0 fully saturated rings. The molecule has 0 aliphatic heterocycles. The molecular formula is C17H18BrClFN. The Balaban J connectivity index is 2.13. The maximum atomic E-state index is 13.3. The van der Waals surface area contributed by atoms with Gasteiger partial charge < -0.3 is 5.32 Å². The Morgan fingerprint density at radius 2 is 1.81 bits per heavy atom. The van der Waals surface area contributed by atoms with Gasteiger partial charge in [0.05, 0.1) is 0 Å². The fourth-order valence-electron chi connectivity index (χ4n) is 2.31. The minimum absolute atomic E-state index is 0.192. The molecule has 21 heavy (non-hydrogen) atoms. The molecule has 2 rings (SSSR count). The Morgan fingerprint density at radius 1 is 1.14 bits per heavy atom. The van der Waals surface area contributed by atoms with Gasteiger partial charge in [0.15, 0.2) is 0 Å². The van der Waals surface area contributed by atoms with Gasteiger partial charge in [-0.25, -0.2) is 4.39 Å². The number of halogens is 3. The highest BCUT2D eigenvalue weighted by molar-refractivity contribution is 9.10. The topological polar surface area (TPSA) is 12.0 Å². The first-order chi connectivity index (χ1) is 9.97. The molecule has 0 saturated carbocycles. The van der Waals surface area contributed by atoms with Crippen LogP contribution in [0.5, 0.6) is 0 Å². The van der Waals surface area contributed by atoms with Crippen molar-refractivity contribution < 1.29 is 4.39 Å². The standard InChI is InChI=1S/C17H18BrClFN/c1-11(2)17(12-3-5-14(19)6-4-12)21-10-13-9-15(20)7-8-16(13)18/h3-9,11,17,21H,10H2,1-2H3. The summed E-state index contributed by atoms with van der Waals surface area (Å²) in [5, 5.41) is 4.23. The maximum absolute atomic E-state index is 13.3. The molecule has 2 aromatic rings. The fraction of sp³-hybridized carbons (Fsp3) is 0.294. The van der Waals surface area contributed by atoms with E-state index in [-0.39, 0.29) is 11.9 Å². The van der Waals surface area contributed by atoms with Crippen LogP contribution in [0.3, 0.4) is 0 Å². The van der Waals surface area contributed by atoms with Crippen molar-refractivity contribution in [3.05, 3.63) is 68.9 Å². The summed E-state index contributed by atoms with van der Waals surface area (Å²) in [6.45, 7) is 4.92. The molecule has 0 aliphatic carbocycles. The first-order valence-corrected chi connectivity index (χ1v) is 8.07. The van der Waals surface area contributed by atoms with Crippen molar-refractivity contribution in [2.24, 2.45) is 5.92 Å². The Kier molecular flexibility index (Phi) is 5.80. The van der Waals surface area contributed by atoms with Gasteiger partial charge in [-0.2, -0.15) is 0 Å². The third kappa shape index (κ3) is 4.53. The van der Waals surface area contributed by atoms with Crippen LogP contribution < -0.4 is 5.32 Å². The summed E-state index contributed by atoms with van der Waals surface area (Å²) in [6.07, 6.45) is 0. The summed E-state index contributed by atoms with van der Waals surface area (Å²) in [5.74, 6) is 0.195. The van der Waals surface area contributed by atoms with Crippen molar-refractivity contribution in [2.45, 2.75) is 26.4 Å². The molecule has 0 heterocycles. The maximum Gasteiger partial charge on any atom is 0.123 e. The lowest BCUT2D eigenvalue weighted by atomic mass is 9.96. The Bertz CT molecular complexity index is 598. The quantitative estimate of drug-likeness (QED) is 0.709. The van der Waals surface area contributed by atoms with Crippen LogP contribution in [0.25, 0.3) is 0 Å². The van der Waals surface area contributed by atoms with E-state index in [0.717, 1.165) is 15.1 Å². The third-order valence-corrected chi connectivity index (χ3v) is 4.44. The molecule has 0 saturated heterocycles. The van der Waals surface area contributed by atoms with Gasteiger partial charge in [-0.3, -0.25) is 0 Å². The van der Waals surface area contributed by atoms with Crippen LogP contribution in [0.15, 0.2) is 46.9 Å². The fourth-order valence-corrected chi connectivity index (χ4v) is 2.82. The highest BCUT2D eigenvalue weighted by Crippen LogP contribution is 2.25. The lowest BCUT2D eigenvalue weighted by Gasteiger charge is -2.23. The molecule has 0 aliphatic rings. The highest BCUT2D eigenvalue weighted by Gasteiger charge is 2.15. The van der Waals surface area contributed by atoms with E-state index in [1.54, 1.807) is 12.1 Å². The van der Waals surface area contributed by atoms with E-state index in [4.69, 9.17) is 11.6 Å². The third-order valence-electron chi connectivity index (χ3n) is 3.42. The molecule has 1 unspecified atom stereocenters. The zero-order valence-electron chi connectivity index (χ0n) is 12.0. The Labute approximate surface area is 138 Å². The van der Waals surface area contributed by atoms with E-state index in [2.05, 4.69) is 35.1 Å². The van der Waals surface area contributed by atoms with Crippen molar-refractivity contribution in [3.63, 3.8) is 0 Å². The van der Waals surface area contributed by atoms with Gasteiger partial charge in [0.2, 0.25) is 0 Å². The minimum Gasteiger partial charge on any atom is -0.306 e. The lowest BCUT2D eigenvalue weighted by molar-refractivity contribution is 0.410. The zero-order chi connectivity index (χ0) is 15.4. The van der Waals surface area contributed by atoms with E-state index >= 15 is 0 Å². The monoisotopic (exact) mass is 369 g/mol. The predicted octanol–water partition coefficient (Wildman–Crippen LogP) is 5.73. The summed E-state index contributed by atoms with van der Waals surface area (Å²) >= 11 is 9.40. The summed E-state index contributed by atoms with van der Waals surface area (Å²) < 4.78 is 14.2. The van der Waals surface area contributed by atoms with Crippen LogP contribution in [-0.2, 0) is 6.54 Å². The van der Waals surface area contributed by atoms with Crippen LogP contribution in [0.4, 0.5) is 4.39 Å². The normalized spacial score (nSPS) is 12.7. The first-order valence-electron chi connectivity index (χ1n) is 6.90. The second kappa shape index (κ2) is 7.39. The van der Waals surface area contributed by atoms with Crippen molar-refractivity contribution in [3.8, 4) is 0 Å². The molecule has 0 amide bonds. The minimum atomic E-state index is -0.220. The molecule has 1 N–H and O–H groups in total. The summed E-state index contributed by atoms with van der Waals surface area (Å²) in [7, 11) is 0. The van der Waals surface area contributed by atoms with Crippen molar-refractivity contribution >= 4 is 27.5 Å². The molecule has 1 atom stereocenters. The molecule has 4 heteroatoms. The van der Waals surface area contributed by atoms with E-state index in [1.165, 1.54) is 11.6 Å². The molecule has 0 radical (unpaired) electrons. The van der Waals surface area contributed by atoms with Gasteiger partial charge in [0.1, 0.15) is 5.82 Å². The molecule has 0 aromatic heterocycles. The van der Waals surface area contributed by atoms with Crippen LogP contribution in [-0.4, -0.2) is 0 Å². The van der Waals surface area contributed by atoms with Crippen molar-refractivity contribution in [1.82, 2.24) is 5.32 Å². The number of nitrogens with one attached hydrogen (secondary N) is 1. The molecule has 0 bridgehead atoms. The van der Waals surface area contributed by atoms with E-state index in [0.29, 0.717) is 12.5 Å². The number of hydrogen-bond acceptors (Lipinski definition) is 1. The number of benzene rings is 2. The Hall–Kier alpha value is -0.900. The van der Waals surface area contributed by atoms with Gasteiger partial charge >= 0.3 is 0 Å². The molecule has 112 valence electrons. The molecule has 2 aromatic carbocycles. The van der Waals surface area contributed by atoms with Crippen molar-refractivity contribution in [2.75, 3.05) is 0 Å². The van der Waals surface area contributed by atoms with E-state index < -0.39 is 0 Å². The highest BCUT2D eigenvalue weighted by atomic mass is 79.9. The summed E-state index contributed by atoms with van der Waals surface area (Å²) in [4.78, 5) is 0. The largest absolute Gasteiger partial charge is 0.306 e. The first kappa shape index (κ1) is 16.5. The van der Waals surface area contributed by atoms with Crippen LogP contribution in [0, 0.1) is 11.7 Å². The molecule has 1 nitrogen and oxygen atoms in total. The summed E-state index contributed by atoms with van der Waals surface area (Å²) in [5.41, 5.74) is 2.09. The van der Waals surface area contributed by atoms with Crippen molar-refractivity contribution in [1.29, 1.82) is 0 Å². The van der Waals surface area contributed by atoms with Gasteiger partial charge in [0.25, 0.3) is 0 Å². The van der Waals surface area contributed by atoms with Gasteiger partial charge in [-0.1, -0.05) is 53.5 Å². The molecular weight excluding hydrogens is 353 g/mol. The SMILES string of the molecule is CC(C)C(NCc1cc(F)ccc1Br)c1ccc(Cl)cc1. The number of hydrogen-bond donors (Lipinski definition) is 1. The van der Waals surface area contributed by atoms with E-state index in [9.17, 15) is 4.39 Å². The van der Waals surface area contributed by atoms with Gasteiger partial charge in [-0.05, 0) is 47.4 Å². The van der Waals surface area contributed by atoms with E-state index in [1.807, 2.05) is 24.3 Å². The predicted molar refractivity (Wildman–Crippen MR) is 90.0 cm³/mol. The van der Waals surface area contributed by atoms with Gasteiger partial charge in [-0.15, -0.1) is 0 Å². The van der Waals surface area contributed by atoms with Crippen LogP contribution in [0.2, 0.25) is 5.02 Å². The van der Waals surface area contributed by atoms with Crippen LogP contribution >= 0.6 is 27.5 Å². The molecule has 0 spiro atoms.